The lowest BCUT2D eigenvalue weighted by molar-refractivity contribution is 0.00578. The average molecular weight is 337 g/mol. The van der Waals surface area contributed by atoms with Gasteiger partial charge in [0.25, 0.3) is 5.91 Å². The quantitative estimate of drug-likeness (QED) is 0.872. The number of carbonyl (C=O) groups is 1. The topological polar surface area (TPSA) is 47.6 Å². The molecule has 0 atom stereocenters. The molecule has 0 bridgehead atoms. The van der Waals surface area contributed by atoms with Gasteiger partial charge in [0.15, 0.2) is 0 Å². The molecule has 0 spiro atoms. The van der Waals surface area contributed by atoms with E-state index in [1.54, 1.807) is 0 Å². The maximum absolute atomic E-state index is 12.6. The van der Waals surface area contributed by atoms with Crippen molar-refractivity contribution < 1.29 is 14.1 Å². The molecule has 25 heavy (non-hydrogen) atoms. The summed E-state index contributed by atoms with van der Waals surface area (Å²) in [5.41, 5.74) is 2.46. The molecule has 0 aliphatic carbocycles. The van der Waals surface area contributed by atoms with Gasteiger partial charge in [-0.25, -0.2) is 0 Å². The summed E-state index contributed by atoms with van der Waals surface area (Å²) in [5.74, 6) is -0.149. The zero-order valence-electron chi connectivity index (χ0n) is 15.4. The van der Waals surface area contributed by atoms with Crippen LogP contribution in [0.2, 0.25) is 0 Å². The van der Waals surface area contributed by atoms with E-state index in [2.05, 4.69) is 5.32 Å². The number of hydrogen-bond acceptors (Lipinski definition) is 3. The molecule has 0 unspecified atom stereocenters. The summed E-state index contributed by atoms with van der Waals surface area (Å²) in [7, 11) is -0.477. The van der Waals surface area contributed by atoms with Crippen molar-refractivity contribution in [1.82, 2.24) is 0 Å². The van der Waals surface area contributed by atoms with Crippen molar-refractivity contribution in [2.24, 2.45) is 0 Å². The highest BCUT2D eigenvalue weighted by atomic mass is 16.7. The molecular formula is C20H24BNO3. The fourth-order valence-electron chi connectivity index (χ4n) is 2.73. The van der Waals surface area contributed by atoms with Crippen LogP contribution in [0.3, 0.4) is 0 Å². The fourth-order valence-corrected chi connectivity index (χ4v) is 2.73. The van der Waals surface area contributed by atoms with E-state index in [4.69, 9.17) is 9.31 Å². The lowest BCUT2D eigenvalue weighted by Gasteiger charge is -2.32. The molecule has 130 valence electrons. The molecule has 3 rings (SSSR count). The van der Waals surface area contributed by atoms with Crippen molar-refractivity contribution in [2.45, 2.75) is 45.8 Å². The van der Waals surface area contributed by atoms with Crippen LogP contribution in [0.1, 0.15) is 43.6 Å². The Balaban J connectivity index is 1.85. The van der Waals surface area contributed by atoms with E-state index in [-0.39, 0.29) is 5.91 Å². The zero-order valence-corrected chi connectivity index (χ0v) is 15.4. The second kappa shape index (κ2) is 6.32. The summed E-state index contributed by atoms with van der Waals surface area (Å²) in [6, 6.07) is 15.0. The van der Waals surface area contributed by atoms with Crippen LogP contribution in [0, 0.1) is 6.92 Å². The highest BCUT2D eigenvalue weighted by Crippen LogP contribution is 2.36. The molecule has 5 heteroatoms. The highest BCUT2D eigenvalue weighted by molar-refractivity contribution is 6.62. The van der Waals surface area contributed by atoms with Crippen molar-refractivity contribution in [3.05, 3.63) is 59.7 Å². The number of benzene rings is 2. The van der Waals surface area contributed by atoms with E-state index in [0.29, 0.717) is 5.56 Å². The van der Waals surface area contributed by atoms with Gasteiger partial charge in [-0.3, -0.25) is 4.79 Å². The van der Waals surface area contributed by atoms with Gasteiger partial charge in [-0.15, -0.1) is 0 Å². The first-order valence-corrected chi connectivity index (χ1v) is 8.52. The zero-order chi connectivity index (χ0) is 18.2. The maximum Gasteiger partial charge on any atom is 0.495 e. The summed E-state index contributed by atoms with van der Waals surface area (Å²) in [6.45, 7) is 10.1. The fraction of sp³-hybridized carbons (Fsp3) is 0.350. The number of rotatable bonds is 3. The van der Waals surface area contributed by atoms with Gasteiger partial charge < -0.3 is 14.6 Å². The second-order valence-electron chi connectivity index (χ2n) is 7.48. The standard InChI is InChI=1S/C20H24BNO3/c1-14-11-12-15(18(23)22-16-9-7-6-8-10-16)13-17(14)21-24-19(2,3)20(4,5)25-21/h6-13H,1-5H3,(H,22,23). The van der Waals surface area contributed by atoms with Gasteiger partial charge in [-0.1, -0.05) is 29.8 Å². The Hall–Kier alpha value is -2.11. The number of anilines is 1. The SMILES string of the molecule is Cc1ccc(C(=O)Nc2ccccc2)cc1B1OC(C)(C)C(C)(C)O1. The molecule has 0 aromatic heterocycles. The van der Waals surface area contributed by atoms with Crippen LogP contribution in [-0.2, 0) is 9.31 Å². The predicted molar refractivity (Wildman–Crippen MR) is 101 cm³/mol. The lowest BCUT2D eigenvalue weighted by atomic mass is 9.75. The van der Waals surface area contributed by atoms with Crippen LogP contribution >= 0.6 is 0 Å². The van der Waals surface area contributed by atoms with Crippen LogP contribution in [0.15, 0.2) is 48.5 Å². The molecule has 1 heterocycles. The third kappa shape index (κ3) is 3.48. The smallest absolute Gasteiger partial charge is 0.399 e. The molecule has 1 aliphatic rings. The lowest BCUT2D eigenvalue weighted by Crippen LogP contribution is -2.41. The Morgan fingerprint density at radius 3 is 2.16 bits per heavy atom. The number of carbonyl (C=O) groups excluding carboxylic acids is 1. The third-order valence-electron chi connectivity index (χ3n) is 5.08. The van der Waals surface area contributed by atoms with Crippen molar-refractivity contribution in [2.75, 3.05) is 5.32 Å². The van der Waals surface area contributed by atoms with Crippen molar-refractivity contribution in [1.29, 1.82) is 0 Å². The Kier molecular flexibility index (Phi) is 4.48. The summed E-state index contributed by atoms with van der Waals surface area (Å²) >= 11 is 0. The number of amides is 1. The minimum atomic E-state index is -0.477. The minimum absolute atomic E-state index is 0.149. The molecular weight excluding hydrogens is 313 g/mol. The second-order valence-corrected chi connectivity index (χ2v) is 7.48. The van der Waals surface area contributed by atoms with Crippen LogP contribution in [0.25, 0.3) is 0 Å². The van der Waals surface area contributed by atoms with Crippen LogP contribution in [0.4, 0.5) is 5.69 Å². The maximum atomic E-state index is 12.6. The monoisotopic (exact) mass is 337 g/mol. The van der Waals surface area contributed by atoms with Gasteiger partial charge in [-0.05, 0) is 64.3 Å². The summed E-state index contributed by atoms with van der Waals surface area (Å²) < 4.78 is 12.3. The number of aryl methyl sites for hydroxylation is 1. The molecule has 1 aliphatic heterocycles. The van der Waals surface area contributed by atoms with E-state index in [9.17, 15) is 4.79 Å². The van der Waals surface area contributed by atoms with E-state index in [1.807, 2.05) is 83.1 Å². The van der Waals surface area contributed by atoms with Gasteiger partial charge in [0.05, 0.1) is 11.2 Å². The van der Waals surface area contributed by atoms with E-state index in [0.717, 1.165) is 16.7 Å². The molecule has 2 aromatic rings. The minimum Gasteiger partial charge on any atom is -0.399 e. The summed E-state index contributed by atoms with van der Waals surface area (Å²) in [4.78, 5) is 12.6. The first kappa shape index (κ1) is 17.7. The van der Waals surface area contributed by atoms with Crippen molar-refractivity contribution >= 4 is 24.2 Å². The Bertz CT molecular complexity index is 771. The van der Waals surface area contributed by atoms with Gasteiger partial charge in [0.1, 0.15) is 0 Å². The predicted octanol–water partition coefficient (Wildman–Crippen LogP) is 3.55. The molecule has 1 amide bonds. The van der Waals surface area contributed by atoms with Crippen molar-refractivity contribution in [3.63, 3.8) is 0 Å². The van der Waals surface area contributed by atoms with Gasteiger partial charge in [0, 0.05) is 11.3 Å². The van der Waals surface area contributed by atoms with E-state index < -0.39 is 18.3 Å². The number of hydrogen-bond donors (Lipinski definition) is 1. The van der Waals surface area contributed by atoms with Gasteiger partial charge in [-0.2, -0.15) is 0 Å². The number of para-hydroxylation sites is 1. The Morgan fingerprint density at radius 1 is 0.960 bits per heavy atom. The molecule has 1 saturated heterocycles. The molecule has 1 fully saturated rings. The molecule has 0 saturated carbocycles. The van der Waals surface area contributed by atoms with Gasteiger partial charge in [0.2, 0.25) is 0 Å². The third-order valence-corrected chi connectivity index (χ3v) is 5.08. The molecule has 4 nitrogen and oxygen atoms in total. The molecule has 2 aromatic carbocycles. The number of nitrogens with one attached hydrogen (secondary N) is 1. The Morgan fingerprint density at radius 2 is 1.56 bits per heavy atom. The summed E-state index contributed by atoms with van der Waals surface area (Å²) in [5, 5.41) is 2.91. The van der Waals surface area contributed by atoms with E-state index in [1.165, 1.54) is 0 Å². The average Bonchev–Trinajstić information content (AvgIpc) is 2.76. The van der Waals surface area contributed by atoms with Gasteiger partial charge >= 0.3 is 7.12 Å². The highest BCUT2D eigenvalue weighted by Gasteiger charge is 2.52. The van der Waals surface area contributed by atoms with Crippen molar-refractivity contribution in [3.8, 4) is 0 Å². The summed E-state index contributed by atoms with van der Waals surface area (Å²) in [6.07, 6.45) is 0. The van der Waals surface area contributed by atoms with E-state index >= 15 is 0 Å². The van der Waals surface area contributed by atoms with Crippen LogP contribution in [-0.4, -0.2) is 24.2 Å². The molecule has 1 N–H and O–H groups in total. The Labute approximate surface area is 149 Å². The normalized spacial score (nSPS) is 18.2. The first-order valence-electron chi connectivity index (χ1n) is 8.52. The van der Waals surface area contributed by atoms with Crippen LogP contribution < -0.4 is 10.8 Å². The molecule has 0 radical (unpaired) electrons. The first-order chi connectivity index (χ1) is 11.7. The van der Waals surface area contributed by atoms with Crippen LogP contribution in [0.5, 0.6) is 0 Å². The largest absolute Gasteiger partial charge is 0.495 e.